The van der Waals surface area contributed by atoms with Gasteiger partial charge in [-0.25, -0.2) is 4.79 Å². The van der Waals surface area contributed by atoms with E-state index in [1.54, 1.807) is 67.3 Å². The van der Waals surface area contributed by atoms with Gasteiger partial charge in [-0.2, -0.15) is 4.99 Å². The molecule has 4 rings (SSSR count). The summed E-state index contributed by atoms with van der Waals surface area (Å²) in [5, 5.41) is 22.7. The zero-order valence-corrected chi connectivity index (χ0v) is 20.4. The Morgan fingerprint density at radius 1 is 1.17 bits per heavy atom. The van der Waals surface area contributed by atoms with Gasteiger partial charge in [0.2, 0.25) is 5.96 Å². The molecule has 2 aliphatic rings. The molecule has 36 heavy (non-hydrogen) atoms. The number of ketones is 2. The van der Waals surface area contributed by atoms with Crippen LogP contribution in [0.25, 0.3) is 0 Å². The van der Waals surface area contributed by atoms with E-state index < -0.39 is 41.6 Å². The van der Waals surface area contributed by atoms with Gasteiger partial charge in [0.15, 0.2) is 23.3 Å². The zero-order chi connectivity index (χ0) is 26.2. The van der Waals surface area contributed by atoms with E-state index in [9.17, 15) is 24.6 Å². The monoisotopic (exact) mass is 494 g/mol. The number of carbonyl (C=O) groups is 3. The van der Waals surface area contributed by atoms with Crippen LogP contribution in [0.3, 0.4) is 0 Å². The van der Waals surface area contributed by atoms with Gasteiger partial charge in [-0.1, -0.05) is 48.5 Å². The van der Waals surface area contributed by atoms with Gasteiger partial charge >= 0.3 is 6.03 Å². The Labute approximate surface area is 209 Å². The number of urea groups is 1. The SMILES string of the molecule is CCN1CN([C@H]2C[C@@](O)(C(=O)c3ccccc3C)[C@@H](C(=O)C(O)c3ccccc3C)O2)C(=O)N=C1N. The van der Waals surface area contributed by atoms with Crippen LogP contribution in [0.15, 0.2) is 53.5 Å². The number of amides is 2. The summed E-state index contributed by atoms with van der Waals surface area (Å²) < 4.78 is 5.93. The average molecular weight is 495 g/mol. The van der Waals surface area contributed by atoms with Crippen LogP contribution >= 0.6 is 0 Å². The molecular formula is C26H30N4O6. The van der Waals surface area contributed by atoms with Crippen LogP contribution in [0, 0.1) is 13.8 Å². The van der Waals surface area contributed by atoms with Gasteiger partial charge < -0.3 is 25.6 Å². The number of aryl methyl sites for hydroxylation is 2. The number of carbonyl (C=O) groups excluding carboxylic acids is 3. The molecule has 2 amide bonds. The van der Waals surface area contributed by atoms with Crippen molar-refractivity contribution in [1.29, 1.82) is 0 Å². The first-order chi connectivity index (χ1) is 17.1. The Morgan fingerprint density at radius 3 is 2.44 bits per heavy atom. The number of benzene rings is 2. The van der Waals surface area contributed by atoms with Crippen molar-refractivity contribution in [2.24, 2.45) is 10.7 Å². The lowest BCUT2D eigenvalue weighted by Crippen LogP contribution is -2.54. The van der Waals surface area contributed by atoms with Crippen molar-refractivity contribution in [2.45, 2.75) is 51.2 Å². The third-order valence-electron chi connectivity index (χ3n) is 6.84. The molecule has 0 saturated carbocycles. The normalized spacial score (nSPS) is 25.0. The maximum absolute atomic E-state index is 13.7. The summed E-state index contributed by atoms with van der Waals surface area (Å²) >= 11 is 0. The van der Waals surface area contributed by atoms with E-state index in [1.165, 1.54) is 4.90 Å². The number of guanidine groups is 1. The summed E-state index contributed by atoms with van der Waals surface area (Å²) in [5.41, 5.74) is 5.32. The minimum Gasteiger partial charge on any atom is -0.380 e. The average Bonchev–Trinajstić information content (AvgIpc) is 3.21. The highest BCUT2D eigenvalue weighted by Gasteiger charge is 2.59. The molecule has 4 N–H and O–H groups in total. The van der Waals surface area contributed by atoms with Crippen molar-refractivity contribution in [1.82, 2.24) is 9.80 Å². The highest BCUT2D eigenvalue weighted by molar-refractivity contribution is 6.08. The molecule has 0 radical (unpaired) electrons. The predicted octanol–water partition coefficient (Wildman–Crippen LogP) is 1.66. The van der Waals surface area contributed by atoms with Crippen molar-refractivity contribution in [2.75, 3.05) is 13.2 Å². The fraction of sp³-hybridized carbons (Fsp3) is 0.385. The molecule has 190 valence electrons. The van der Waals surface area contributed by atoms with Crippen molar-refractivity contribution < 1.29 is 29.3 Å². The Balaban J connectivity index is 1.73. The topological polar surface area (TPSA) is 146 Å². The number of hydrogen-bond donors (Lipinski definition) is 3. The fourth-order valence-electron chi connectivity index (χ4n) is 4.67. The number of aliphatic imine (C=N–C) groups is 1. The number of rotatable bonds is 7. The first-order valence-corrected chi connectivity index (χ1v) is 11.7. The molecule has 1 saturated heterocycles. The first-order valence-electron chi connectivity index (χ1n) is 11.7. The zero-order valence-electron chi connectivity index (χ0n) is 20.4. The second kappa shape index (κ2) is 9.81. The summed E-state index contributed by atoms with van der Waals surface area (Å²) in [5.74, 6) is -1.56. The maximum Gasteiger partial charge on any atom is 0.350 e. The molecule has 1 fully saturated rings. The third kappa shape index (κ3) is 4.39. The van der Waals surface area contributed by atoms with E-state index in [4.69, 9.17) is 10.5 Å². The summed E-state index contributed by atoms with van der Waals surface area (Å²) in [6.45, 7) is 5.74. The standard InChI is InChI=1S/C26H30N4O6/c1-4-29-14-30(25(34)28-24(29)27)19-13-26(35,22(33)18-12-8-6-10-16(18)3)23(36-19)21(32)20(31)17-11-7-5-9-15(17)2/h5-12,19-20,23,31,35H,4,13-14H2,1-3H3,(H2,27,28,34)/t19-,20?,23-,26-/m1/s1. The van der Waals surface area contributed by atoms with Crippen LogP contribution in [-0.4, -0.2) is 74.7 Å². The second-order valence-corrected chi connectivity index (χ2v) is 9.12. The second-order valence-electron chi connectivity index (χ2n) is 9.12. The minimum absolute atomic E-state index is 0.00518. The summed E-state index contributed by atoms with van der Waals surface area (Å²) in [7, 11) is 0. The third-order valence-corrected chi connectivity index (χ3v) is 6.84. The molecule has 0 spiro atoms. The smallest absolute Gasteiger partial charge is 0.350 e. The van der Waals surface area contributed by atoms with Gasteiger partial charge in [0.1, 0.15) is 19.0 Å². The van der Waals surface area contributed by atoms with E-state index in [0.717, 1.165) is 0 Å². The van der Waals surface area contributed by atoms with E-state index in [-0.39, 0.29) is 24.6 Å². The van der Waals surface area contributed by atoms with Crippen molar-refractivity contribution >= 4 is 23.6 Å². The van der Waals surface area contributed by atoms with Gasteiger partial charge in [-0.05, 0) is 37.5 Å². The number of Topliss-reactive ketones (excluding diaryl/α,β-unsaturated/α-hetero) is 2. The number of ether oxygens (including phenoxy) is 1. The van der Waals surface area contributed by atoms with Crippen LogP contribution in [0.1, 0.15) is 46.5 Å². The lowest BCUT2D eigenvalue weighted by Gasteiger charge is -2.36. The molecule has 2 aliphatic heterocycles. The molecule has 10 nitrogen and oxygen atoms in total. The van der Waals surface area contributed by atoms with Gasteiger partial charge in [0.05, 0.1) is 0 Å². The Morgan fingerprint density at radius 2 is 1.81 bits per heavy atom. The maximum atomic E-state index is 13.7. The lowest BCUT2D eigenvalue weighted by molar-refractivity contribution is -0.149. The summed E-state index contributed by atoms with van der Waals surface area (Å²) in [6.07, 6.45) is -4.91. The number of nitrogens with two attached hydrogens (primary N) is 1. The first kappa shape index (κ1) is 25.5. The molecule has 2 aromatic carbocycles. The van der Waals surface area contributed by atoms with Crippen LogP contribution in [-0.2, 0) is 9.53 Å². The van der Waals surface area contributed by atoms with Crippen LogP contribution in [0.4, 0.5) is 4.79 Å². The Hall–Kier alpha value is -3.60. The molecule has 0 bridgehead atoms. The number of hydrogen-bond acceptors (Lipinski definition) is 8. The highest BCUT2D eigenvalue weighted by Crippen LogP contribution is 2.39. The summed E-state index contributed by atoms with van der Waals surface area (Å²) in [6, 6.07) is 12.7. The van der Waals surface area contributed by atoms with Crippen LogP contribution in [0.5, 0.6) is 0 Å². The molecular weight excluding hydrogens is 464 g/mol. The number of nitrogens with zero attached hydrogens (tertiary/aromatic N) is 3. The molecule has 0 aliphatic carbocycles. The van der Waals surface area contributed by atoms with Crippen LogP contribution < -0.4 is 5.73 Å². The number of aliphatic hydroxyl groups is 2. The van der Waals surface area contributed by atoms with E-state index in [1.807, 2.05) is 6.92 Å². The van der Waals surface area contributed by atoms with Gasteiger partial charge in [0, 0.05) is 18.5 Å². The fourth-order valence-corrected chi connectivity index (χ4v) is 4.67. The van der Waals surface area contributed by atoms with E-state index in [2.05, 4.69) is 4.99 Å². The molecule has 2 heterocycles. The summed E-state index contributed by atoms with van der Waals surface area (Å²) in [4.78, 5) is 46.6. The quantitative estimate of drug-likeness (QED) is 0.493. The number of aliphatic hydroxyl groups excluding tert-OH is 1. The van der Waals surface area contributed by atoms with Crippen molar-refractivity contribution in [3.8, 4) is 0 Å². The Bertz CT molecular complexity index is 1230. The van der Waals surface area contributed by atoms with Gasteiger partial charge in [0.25, 0.3) is 0 Å². The predicted molar refractivity (Wildman–Crippen MR) is 131 cm³/mol. The molecule has 2 aromatic rings. The molecule has 1 unspecified atom stereocenters. The molecule has 10 heteroatoms. The van der Waals surface area contributed by atoms with Crippen LogP contribution in [0.2, 0.25) is 0 Å². The lowest BCUT2D eigenvalue weighted by atomic mass is 9.81. The minimum atomic E-state index is -2.33. The van der Waals surface area contributed by atoms with Gasteiger partial charge in [-0.15, -0.1) is 0 Å². The molecule has 4 atom stereocenters. The van der Waals surface area contributed by atoms with E-state index >= 15 is 0 Å². The highest BCUT2D eigenvalue weighted by atomic mass is 16.5. The Kier molecular flexibility index (Phi) is 6.94. The van der Waals surface area contributed by atoms with Gasteiger partial charge in [-0.3, -0.25) is 14.5 Å². The largest absolute Gasteiger partial charge is 0.380 e. The molecule has 0 aromatic heterocycles. The van der Waals surface area contributed by atoms with Crippen molar-refractivity contribution in [3.05, 3.63) is 70.8 Å². The van der Waals surface area contributed by atoms with E-state index in [0.29, 0.717) is 23.2 Å². The van der Waals surface area contributed by atoms with Crippen molar-refractivity contribution in [3.63, 3.8) is 0 Å².